The van der Waals surface area contributed by atoms with E-state index in [2.05, 4.69) is 37.6 Å². The van der Waals surface area contributed by atoms with Gasteiger partial charge in [-0.05, 0) is 37.3 Å². The van der Waals surface area contributed by atoms with Crippen LogP contribution in [0.1, 0.15) is 31.2 Å². The van der Waals surface area contributed by atoms with Crippen LogP contribution in [0.25, 0.3) is 0 Å². The number of aliphatic hydroxyl groups excluding tert-OH is 1. The summed E-state index contributed by atoms with van der Waals surface area (Å²) in [6, 6.07) is 4.23. The fourth-order valence-corrected chi connectivity index (χ4v) is 3.64. The van der Waals surface area contributed by atoms with Crippen LogP contribution in [0.2, 0.25) is 0 Å². The summed E-state index contributed by atoms with van der Waals surface area (Å²) in [6.07, 6.45) is 6.18. The van der Waals surface area contributed by atoms with E-state index in [0.717, 1.165) is 56.4 Å². The highest BCUT2D eigenvalue weighted by molar-refractivity contribution is 14.0. The second-order valence-corrected chi connectivity index (χ2v) is 7.27. The van der Waals surface area contributed by atoms with Crippen molar-refractivity contribution < 1.29 is 9.84 Å². The number of halogens is 1. The molecule has 1 aromatic heterocycles. The zero-order valence-corrected chi connectivity index (χ0v) is 18.4. The summed E-state index contributed by atoms with van der Waals surface area (Å²) in [5.74, 6) is 1.83. The number of hydrogen-bond acceptors (Lipinski definition) is 5. The van der Waals surface area contributed by atoms with Gasteiger partial charge in [-0.2, -0.15) is 0 Å². The summed E-state index contributed by atoms with van der Waals surface area (Å²) in [4.78, 5) is 11.2. The van der Waals surface area contributed by atoms with Gasteiger partial charge >= 0.3 is 0 Å². The smallest absolute Gasteiger partial charge is 0.191 e. The number of nitrogens with one attached hydrogen (secondary N) is 2. The summed E-state index contributed by atoms with van der Waals surface area (Å²) in [5.41, 5.74) is 1.14. The lowest BCUT2D eigenvalue weighted by molar-refractivity contribution is 0.127. The molecule has 2 saturated heterocycles. The summed E-state index contributed by atoms with van der Waals surface area (Å²) in [6.45, 7) is 5.30. The predicted molar refractivity (Wildman–Crippen MR) is 119 cm³/mol. The van der Waals surface area contributed by atoms with Gasteiger partial charge in [0.15, 0.2) is 5.96 Å². The Kier molecular flexibility index (Phi) is 9.04. The molecular weight excluding hydrogens is 457 g/mol. The number of pyridine rings is 1. The lowest BCUT2D eigenvalue weighted by Gasteiger charge is -2.27. The fraction of sp³-hybridized carbons (Fsp3) is 0.684. The summed E-state index contributed by atoms with van der Waals surface area (Å²) < 4.78 is 5.54. The molecule has 2 aliphatic rings. The van der Waals surface area contributed by atoms with E-state index >= 15 is 0 Å². The fourth-order valence-electron chi connectivity index (χ4n) is 3.64. The van der Waals surface area contributed by atoms with E-state index in [1.54, 1.807) is 7.05 Å². The van der Waals surface area contributed by atoms with Crippen LogP contribution >= 0.6 is 24.0 Å². The minimum atomic E-state index is 0. The van der Waals surface area contributed by atoms with E-state index in [1.807, 2.05) is 6.20 Å². The first-order valence-electron chi connectivity index (χ1n) is 9.58. The number of aliphatic imine (C=N–C) groups is 1. The molecule has 0 amide bonds. The average molecular weight is 489 g/mol. The highest BCUT2D eigenvalue weighted by atomic mass is 127. The van der Waals surface area contributed by atoms with Crippen LogP contribution in [0.5, 0.6) is 0 Å². The Bertz CT molecular complexity index is 584. The van der Waals surface area contributed by atoms with Gasteiger partial charge in [0.2, 0.25) is 0 Å². The van der Waals surface area contributed by atoms with Gasteiger partial charge in [0.25, 0.3) is 0 Å². The molecular formula is C19H32IN5O2. The number of hydrogen-bond donors (Lipinski definition) is 3. The van der Waals surface area contributed by atoms with E-state index in [0.29, 0.717) is 13.2 Å². The molecule has 0 aliphatic carbocycles. The van der Waals surface area contributed by atoms with Gasteiger partial charge in [0.05, 0.1) is 6.61 Å². The van der Waals surface area contributed by atoms with Crippen LogP contribution in [0.3, 0.4) is 0 Å². The maximum absolute atomic E-state index is 9.33. The molecule has 152 valence electrons. The van der Waals surface area contributed by atoms with Gasteiger partial charge in [-0.3, -0.25) is 4.99 Å². The molecule has 0 bridgehead atoms. The van der Waals surface area contributed by atoms with Gasteiger partial charge in [0, 0.05) is 58.1 Å². The Morgan fingerprint density at radius 2 is 2.15 bits per heavy atom. The molecule has 2 aliphatic heterocycles. The van der Waals surface area contributed by atoms with Gasteiger partial charge in [-0.25, -0.2) is 4.98 Å². The Labute approximate surface area is 179 Å². The van der Waals surface area contributed by atoms with E-state index in [4.69, 9.17) is 4.74 Å². The second kappa shape index (κ2) is 11.0. The van der Waals surface area contributed by atoms with Gasteiger partial charge in [0.1, 0.15) is 5.82 Å². The monoisotopic (exact) mass is 489 g/mol. The Hall–Kier alpha value is -1.13. The Morgan fingerprint density at radius 3 is 2.74 bits per heavy atom. The van der Waals surface area contributed by atoms with Crippen molar-refractivity contribution >= 4 is 35.8 Å². The van der Waals surface area contributed by atoms with E-state index in [1.165, 1.54) is 12.8 Å². The molecule has 3 N–H and O–H groups in total. The highest BCUT2D eigenvalue weighted by Gasteiger charge is 2.34. The molecule has 7 nitrogen and oxygen atoms in total. The summed E-state index contributed by atoms with van der Waals surface area (Å²) in [7, 11) is 1.77. The second-order valence-electron chi connectivity index (χ2n) is 7.27. The third-order valence-electron chi connectivity index (χ3n) is 5.38. The number of nitrogens with zero attached hydrogens (tertiary/aromatic N) is 3. The maximum Gasteiger partial charge on any atom is 0.191 e. The minimum absolute atomic E-state index is 0. The normalized spacial score (nSPS) is 22.6. The third kappa shape index (κ3) is 6.18. The van der Waals surface area contributed by atoms with Crippen LogP contribution in [-0.4, -0.2) is 62.6 Å². The van der Waals surface area contributed by atoms with Crippen molar-refractivity contribution in [3.05, 3.63) is 23.9 Å². The number of ether oxygens (including phenoxy) is 1. The third-order valence-corrected chi connectivity index (χ3v) is 5.38. The molecule has 0 radical (unpaired) electrons. The molecule has 27 heavy (non-hydrogen) atoms. The van der Waals surface area contributed by atoms with Crippen molar-refractivity contribution in [2.75, 3.05) is 51.4 Å². The Morgan fingerprint density at radius 1 is 1.33 bits per heavy atom. The van der Waals surface area contributed by atoms with Crippen molar-refractivity contribution in [3.8, 4) is 0 Å². The van der Waals surface area contributed by atoms with Crippen molar-refractivity contribution in [3.63, 3.8) is 0 Å². The van der Waals surface area contributed by atoms with Crippen LogP contribution in [0, 0.1) is 5.41 Å². The van der Waals surface area contributed by atoms with Crippen LogP contribution in [0.15, 0.2) is 23.3 Å². The number of rotatable bonds is 7. The maximum atomic E-state index is 9.33. The first kappa shape index (κ1) is 22.2. The number of aliphatic hydroxyl groups is 1. The molecule has 0 saturated carbocycles. The predicted octanol–water partition coefficient (Wildman–Crippen LogP) is 1.75. The standard InChI is InChI=1S/C19H31N5O2.HI/c1-20-18(23-14-19(6-10-25)7-11-26-15-19)22-13-16-4-5-17(21-12-16)24-8-2-3-9-24;/h4-5,12,25H,2-3,6-11,13-15H2,1H3,(H2,20,22,23);1H. The zero-order chi connectivity index (χ0) is 18.2. The molecule has 1 aromatic rings. The summed E-state index contributed by atoms with van der Waals surface area (Å²) >= 11 is 0. The Balaban J connectivity index is 0.00000261. The molecule has 3 heterocycles. The first-order valence-corrected chi connectivity index (χ1v) is 9.58. The topological polar surface area (TPSA) is 82.0 Å². The summed E-state index contributed by atoms with van der Waals surface area (Å²) in [5, 5.41) is 16.1. The van der Waals surface area contributed by atoms with E-state index in [9.17, 15) is 5.11 Å². The van der Waals surface area contributed by atoms with E-state index in [-0.39, 0.29) is 36.0 Å². The lowest BCUT2D eigenvalue weighted by atomic mass is 9.84. The van der Waals surface area contributed by atoms with Crippen LogP contribution in [0.4, 0.5) is 5.82 Å². The average Bonchev–Trinajstić information content (AvgIpc) is 3.35. The quantitative estimate of drug-likeness (QED) is 0.308. The number of guanidine groups is 1. The highest BCUT2D eigenvalue weighted by Crippen LogP contribution is 2.31. The minimum Gasteiger partial charge on any atom is -0.396 e. The van der Waals surface area contributed by atoms with Crippen molar-refractivity contribution in [2.24, 2.45) is 10.4 Å². The zero-order valence-electron chi connectivity index (χ0n) is 16.1. The molecule has 2 fully saturated rings. The van der Waals surface area contributed by atoms with Crippen molar-refractivity contribution in [1.82, 2.24) is 15.6 Å². The number of anilines is 1. The molecule has 1 unspecified atom stereocenters. The molecule has 0 aromatic carbocycles. The molecule has 0 spiro atoms. The van der Waals surface area contributed by atoms with Crippen LogP contribution < -0.4 is 15.5 Å². The first-order chi connectivity index (χ1) is 12.7. The molecule has 1 atom stereocenters. The number of aromatic nitrogens is 1. The lowest BCUT2D eigenvalue weighted by Crippen LogP contribution is -2.44. The molecule has 3 rings (SSSR count). The van der Waals surface area contributed by atoms with E-state index < -0.39 is 0 Å². The van der Waals surface area contributed by atoms with Gasteiger partial charge in [-0.1, -0.05) is 6.07 Å². The SMILES string of the molecule is CN=C(NCc1ccc(N2CCCC2)nc1)NCC1(CCO)CCOC1.I. The van der Waals surface area contributed by atoms with Gasteiger partial charge < -0.3 is 25.4 Å². The van der Waals surface area contributed by atoms with Gasteiger partial charge in [-0.15, -0.1) is 24.0 Å². The van der Waals surface area contributed by atoms with Crippen molar-refractivity contribution in [1.29, 1.82) is 0 Å². The largest absolute Gasteiger partial charge is 0.396 e. The van der Waals surface area contributed by atoms with Crippen LogP contribution in [-0.2, 0) is 11.3 Å². The van der Waals surface area contributed by atoms with Crippen molar-refractivity contribution in [2.45, 2.75) is 32.2 Å². The molecule has 8 heteroatoms.